The maximum absolute atomic E-state index is 8.25. The number of nitrogens with two attached hydrogens (primary N) is 1. The third kappa shape index (κ3) is 2.82. The molecule has 4 N–H and O–H groups in total. The first-order chi connectivity index (χ1) is 10.3. The number of anilines is 2. The first-order valence-corrected chi connectivity index (χ1v) is 6.84. The Morgan fingerprint density at radius 3 is 2.71 bits per heavy atom. The second-order valence-electron chi connectivity index (χ2n) is 4.78. The van der Waals surface area contributed by atoms with Crippen LogP contribution in [0, 0.1) is 5.41 Å². The molecule has 0 unspecified atom stereocenters. The summed E-state index contributed by atoms with van der Waals surface area (Å²) < 4.78 is 0. The molecule has 0 radical (unpaired) electrons. The maximum atomic E-state index is 8.25. The molecule has 108 valence electrons. The van der Waals surface area contributed by atoms with Gasteiger partial charge in [0.05, 0.1) is 5.69 Å². The minimum absolute atomic E-state index is 0.192. The SMILES string of the molecule is N=C(c1cccc(N2CCNCC2)n1)c1nccnc1N. The summed E-state index contributed by atoms with van der Waals surface area (Å²) in [5.74, 6) is 1.12. The highest BCUT2D eigenvalue weighted by Crippen LogP contribution is 2.15. The third-order valence-electron chi connectivity index (χ3n) is 3.39. The van der Waals surface area contributed by atoms with E-state index in [1.807, 2.05) is 12.1 Å². The Morgan fingerprint density at radius 2 is 1.95 bits per heavy atom. The van der Waals surface area contributed by atoms with Crippen LogP contribution < -0.4 is 16.0 Å². The van der Waals surface area contributed by atoms with E-state index in [2.05, 4.69) is 25.2 Å². The zero-order chi connectivity index (χ0) is 14.7. The Hall–Kier alpha value is -2.54. The molecule has 0 spiro atoms. The highest BCUT2D eigenvalue weighted by molar-refractivity contribution is 6.10. The number of hydrogen-bond donors (Lipinski definition) is 3. The molecule has 2 aromatic rings. The largest absolute Gasteiger partial charge is 0.382 e. The van der Waals surface area contributed by atoms with Crippen LogP contribution in [0.15, 0.2) is 30.6 Å². The van der Waals surface area contributed by atoms with Crippen LogP contribution in [0.25, 0.3) is 0 Å². The Bertz CT molecular complexity index is 649. The van der Waals surface area contributed by atoms with Gasteiger partial charge in [0.2, 0.25) is 0 Å². The quantitative estimate of drug-likeness (QED) is 0.699. The molecule has 0 atom stereocenters. The molecule has 21 heavy (non-hydrogen) atoms. The standard InChI is InChI=1S/C14H17N7/c15-12(13-14(16)19-5-4-18-13)10-2-1-3-11(20-10)21-8-6-17-7-9-21/h1-5,15,17H,6-9H2,(H2,16,19). The molecule has 1 saturated heterocycles. The molecule has 2 aromatic heterocycles. The van der Waals surface area contributed by atoms with Crippen molar-refractivity contribution in [3.8, 4) is 0 Å². The Kier molecular flexibility index (Phi) is 3.74. The molecule has 3 heterocycles. The number of piperazine rings is 1. The van der Waals surface area contributed by atoms with Crippen molar-refractivity contribution >= 4 is 17.3 Å². The molecule has 3 rings (SSSR count). The Labute approximate surface area is 122 Å². The third-order valence-corrected chi connectivity index (χ3v) is 3.39. The van der Waals surface area contributed by atoms with Crippen molar-refractivity contribution in [3.63, 3.8) is 0 Å². The fourth-order valence-electron chi connectivity index (χ4n) is 2.30. The molecule has 1 aliphatic rings. The number of nitrogen functional groups attached to an aromatic ring is 1. The second-order valence-corrected chi connectivity index (χ2v) is 4.78. The van der Waals surface area contributed by atoms with Crippen LogP contribution in [-0.4, -0.2) is 46.8 Å². The minimum Gasteiger partial charge on any atom is -0.382 e. The zero-order valence-electron chi connectivity index (χ0n) is 11.6. The van der Waals surface area contributed by atoms with Crippen LogP contribution in [0.5, 0.6) is 0 Å². The number of pyridine rings is 1. The number of nitrogens with zero attached hydrogens (tertiary/aromatic N) is 4. The van der Waals surface area contributed by atoms with E-state index in [1.165, 1.54) is 12.4 Å². The van der Waals surface area contributed by atoms with E-state index in [4.69, 9.17) is 11.1 Å². The van der Waals surface area contributed by atoms with Crippen molar-refractivity contribution in [1.82, 2.24) is 20.3 Å². The fourth-order valence-corrected chi connectivity index (χ4v) is 2.30. The normalized spacial score (nSPS) is 15.0. The van der Waals surface area contributed by atoms with Crippen molar-refractivity contribution in [1.29, 1.82) is 5.41 Å². The van der Waals surface area contributed by atoms with Crippen molar-refractivity contribution in [2.24, 2.45) is 0 Å². The highest BCUT2D eigenvalue weighted by Gasteiger charge is 2.15. The predicted octanol–water partition coefficient (Wildman–Crippen LogP) is 0.280. The molecule has 1 aliphatic heterocycles. The zero-order valence-corrected chi connectivity index (χ0v) is 11.6. The van der Waals surface area contributed by atoms with Gasteiger partial charge in [0.25, 0.3) is 0 Å². The van der Waals surface area contributed by atoms with Crippen LogP contribution in [0.3, 0.4) is 0 Å². The van der Waals surface area contributed by atoms with E-state index in [1.54, 1.807) is 6.07 Å². The molecule has 1 fully saturated rings. The monoisotopic (exact) mass is 283 g/mol. The molecular weight excluding hydrogens is 266 g/mol. The first kappa shape index (κ1) is 13.4. The molecule has 0 bridgehead atoms. The number of rotatable bonds is 3. The summed E-state index contributed by atoms with van der Waals surface area (Å²) in [4.78, 5) is 14.9. The molecule has 7 heteroatoms. The predicted molar refractivity (Wildman–Crippen MR) is 81.7 cm³/mol. The fraction of sp³-hybridized carbons (Fsp3) is 0.286. The number of nitrogens with one attached hydrogen (secondary N) is 2. The number of aromatic nitrogens is 3. The van der Waals surface area contributed by atoms with Gasteiger partial charge >= 0.3 is 0 Å². The smallest absolute Gasteiger partial charge is 0.151 e. The van der Waals surface area contributed by atoms with Crippen molar-refractivity contribution in [2.75, 3.05) is 36.8 Å². The van der Waals surface area contributed by atoms with Gasteiger partial charge in [-0.05, 0) is 12.1 Å². The van der Waals surface area contributed by atoms with E-state index in [9.17, 15) is 0 Å². The first-order valence-electron chi connectivity index (χ1n) is 6.84. The second kappa shape index (κ2) is 5.84. The summed E-state index contributed by atoms with van der Waals surface area (Å²) in [7, 11) is 0. The summed E-state index contributed by atoms with van der Waals surface area (Å²) in [5.41, 5.74) is 6.89. The summed E-state index contributed by atoms with van der Waals surface area (Å²) in [5, 5.41) is 11.6. The van der Waals surface area contributed by atoms with E-state index in [0.717, 1.165) is 32.0 Å². The molecule has 0 saturated carbocycles. The minimum atomic E-state index is 0.192. The molecule has 7 nitrogen and oxygen atoms in total. The van der Waals surface area contributed by atoms with Gasteiger partial charge in [0, 0.05) is 38.6 Å². The van der Waals surface area contributed by atoms with Gasteiger partial charge in [-0.3, -0.25) is 5.41 Å². The molecule has 0 aliphatic carbocycles. The van der Waals surface area contributed by atoms with Gasteiger partial charge in [0.15, 0.2) is 5.82 Å². The summed E-state index contributed by atoms with van der Waals surface area (Å²) in [6.07, 6.45) is 3.04. The highest BCUT2D eigenvalue weighted by atomic mass is 15.2. The number of hydrogen-bond acceptors (Lipinski definition) is 7. The summed E-state index contributed by atoms with van der Waals surface area (Å²) in [6, 6.07) is 5.66. The lowest BCUT2D eigenvalue weighted by Gasteiger charge is -2.28. The van der Waals surface area contributed by atoms with E-state index >= 15 is 0 Å². The van der Waals surface area contributed by atoms with Gasteiger partial charge in [0.1, 0.15) is 17.2 Å². The van der Waals surface area contributed by atoms with Crippen molar-refractivity contribution < 1.29 is 0 Å². The Morgan fingerprint density at radius 1 is 1.19 bits per heavy atom. The summed E-state index contributed by atoms with van der Waals surface area (Å²) >= 11 is 0. The topological polar surface area (TPSA) is 104 Å². The lowest BCUT2D eigenvalue weighted by Crippen LogP contribution is -2.44. The van der Waals surface area contributed by atoms with Gasteiger partial charge in [-0.25, -0.2) is 15.0 Å². The lowest BCUT2D eigenvalue weighted by molar-refractivity contribution is 0.585. The van der Waals surface area contributed by atoms with Gasteiger partial charge in [-0.2, -0.15) is 0 Å². The lowest BCUT2D eigenvalue weighted by atomic mass is 10.1. The molecular formula is C14H17N7. The van der Waals surface area contributed by atoms with Gasteiger partial charge in [-0.15, -0.1) is 0 Å². The van der Waals surface area contributed by atoms with Crippen LogP contribution in [0.2, 0.25) is 0 Å². The Balaban J connectivity index is 1.89. The van der Waals surface area contributed by atoms with E-state index in [0.29, 0.717) is 11.4 Å². The van der Waals surface area contributed by atoms with Gasteiger partial charge < -0.3 is 16.0 Å². The molecule has 0 amide bonds. The van der Waals surface area contributed by atoms with E-state index in [-0.39, 0.29) is 11.5 Å². The van der Waals surface area contributed by atoms with Crippen LogP contribution in [0.1, 0.15) is 11.4 Å². The summed E-state index contributed by atoms with van der Waals surface area (Å²) in [6.45, 7) is 3.72. The maximum Gasteiger partial charge on any atom is 0.151 e. The van der Waals surface area contributed by atoms with Crippen molar-refractivity contribution in [3.05, 3.63) is 42.0 Å². The van der Waals surface area contributed by atoms with Crippen molar-refractivity contribution in [2.45, 2.75) is 0 Å². The van der Waals surface area contributed by atoms with Crippen LogP contribution in [-0.2, 0) is 0 Å². The molecule has 0 aromatic carbocycles. The van der Waals surface area contributed by atoms with Gasteiger partial charge in [-0.1, -0.05) is 6.07 Å². The average Bonchev–Trinajstić information content (AvgIpc) is 2.56. The van der Waals surface area contributed by atoms with Crippen LogP contribution >= 0.6 is 0 Å². The average molecular weight is 283 g/mol. The van der Waals surface area contributed by atoms with E-state index < -0.39 is 0 Å². The van der Waals surface area contributed by atoms with Crippen LogP contribution in [0.4, 0.5) is 11.6 Å².